The van der Waals surface area contributed by atoms with Crippen molar-refractivity contribution in [3.8, 4) is 0 Å². The lowest BCUT2D eigenvalue weighted by atomic mass is 10.2. The van der Waals surface area contributed by atoms with E-state index in [0.29, 0.717) is 12.2 Å². The number of aliphatic hydroxyl groups is 1. The number of unbranched alkanes of at least 4 members (excludes halogenated alkanes) is 1. The molecule has 0 amide bonds. The average Bonchev–Trinajstić information content (AvgIpc) is 2.63. The third kappa shape index (κ3) is 2.74. The highest BCUT2D eigenvalue weighted by Gasteiger charge is 2.05. The predicted octanol–water partition coefficient (Wildman–Crippen LogP) is 1.05. The van der Waals surface area contributed by atoms with Gasteiger partial charge in [0.15, 0.2) is 5.65 Å². The largest absolute Gasteiger partial charge is 0.393 e. The van der Waals surface area contributed by atoms with E-state index >= 15 is 0 Å². The average molecular weight is 235 g/mol. The Morgan fingerprint density at radius 1 is 1.41 bits per heavy atom. The van der Waals surface area contributed by atoms with Crippen molar-refractivity contribution < 1.29 is 5.11 Å². The molecule has 2 rings (SSSR count). The van der Waals surface area contributed by atoms with E-state index in [9.17, 15) is 4.79 Å². The molecule has 0 aliphatic heterocycles. The SMILES string of the molecule is CC(O)CCCCn1nc2ccccn2c1=O. The van der Waals surface area contributed by atoms with Crippen LogP contribution in [-0.2, 0) is 6.54 Å². The van der Waals surface area contributed by atoms with E-state index in [1.165, 1.54) is 9.08 Å². The van der Waals surface area contributed by atoms with Crippen LogP contribution in [0, 0.1) is 0 Å². The molecule has 0 fully saturated rings. The molecule has 5 nitrogen and oxygen atoms in total. The van der Waals surface area contributed by atoms with E-state index in [0.717, 1.165) is 19.3 Å². The number of aryl methyl sites for hydroxylation is 1. The van der Waals surface area contributed by atoms with Crippen molar-refractivity contribution in [2.75, 3.05) is 0 Å². The first-order chi connectivity index (χ1) is 8.18. The first-order valence-electron chi connectivity index (χ1n) is 5.91. The highest BCUT2D eigenvalue weighted by atomic mass is 16.3. The summed E-state index contributed by atoms with van der Waals surface area (Å²) in [4.78, 5) is 11.9. The molecule has 1 N–H and O–H groups in total. The number of pyridine rings is 1. The van der Waals surface area contributed by atoms with Crippen LogP contribution >= 0.6 is 0 Å². The van der Waals surface area contributed by atoms with Crippen molar-refractivity contribution in [1.82, 2.24) is 14.2 Å². The Bertz CT molecular complexity index is 542. The molecule has 1 atom stereocenters. The van der Waals surface area contributed by atoms with Gasteiger partial charge in [0.2, 0.25) is 0 Å². The Kier molecular flexibility index (Phi) is 3.58. The van der Waals surface area contributed by atoms with Gasteiger partial charge in [0, 0.05) is 12.7 Å². The minimum Gasteiger partial charge on any atom is -0.393 e. The summed E-state index contributed by atoms with van der Waals surface area (Å²) >= 11 is 0. The van der Waals surface area contributed by atoms with E-state index in [1.54, 1.807) is 13.1 Å². The Morgan fingerprint density at radius 3 is 2.94 bits per heavy atom. The molecule has 2 aromatic rings. The molecule has 0 bridgehead atoms. The van der Waals surface area contributed by atoms with Gasteiger partial charge in [-0.15, -0.1) is 5.10 Å². The lowest BCUT2D eigenvalue weighted by molar-refractivity contribution is 0.179. The maximum atomic E-state index is 11.9. The standard InChI is InChI=1S/C12H17N3O2/c1-10(16)6-2-5-9-15-12(17)14-8-4-3-7-11(14)13-15/h3-4,7-8,10,16H,2,5-6,9H2,1H3. The van der Waals surface area contributed by atoms with Gasteiger partial charge < -0.3 is 5.11 Å². The zero-order valence-corrected chi connectivity index (χ0v) is 9.91. The third-order valence-corrected chi connectivity index (χ3v) is 2.73. The maximum absolute atomic E-state index is 11.9. The number of nitrogens with zero attached hydrogens (tertiary/aromatic N) is 3. The zero-order chi connectivity index (χ0) is 12.3. The van der Waals surface area contributed by atoms with Gasteiger partial charge >= 0.3 is 5.69 Å². The van der Waals surface area contributed by atoms with Crippen molar-refractivity contribution in [2.45, 2.75) is 38.8 Å². The second-order valence-electron chi connectivity index (χ2n) is 4.28. The minimum absolute atomic E-state index is 0.0994. The maximum Gasteiger partial charge on any atom is 0.350 e. The Morgan fingerprint density at radius 2 is 2.24 bits per heavy atom. The summed E-state index contributed by atoms with van der Waals surface area (Å²) in [6, 6.07) is 5.49. The number of hydrogen-bond acceptors (Lipinski definition) is 3. The number of aromatic nitrogens is 3. The first-order valence-corrected chi connectivity index (χ1v) is 5.91. The molecule has 1 unspecified atom stereocenters. The molecule has 0 aromatic carbocycles. The Balaban J connectivity index is 2.04. The van der Waals surface area contributed by atoms with Crippen molar-refractivity contribution in [3.05, 3.63) is 34.9 Å². The quantitative estimate of drug-likeness (QED) is 0.788. The van der Waals surface area contributed by atoms with Gasteiger partial charge in [-0.1, -0.05) is 6.07 Å². The molecule has 0 saturated carbocycles. The summed E-state index contributed by atoms with van der Waals surface area (Å²) in [5, 5.41) is 13.4. The highest BCUT2D eigenvalue weighted by Crippen LogP contribution is 2.02. The summed E-state index contributed by atoms with van der Waals surface area (Å²) in [5.41, 5.74) is 0.575. The van der Waals surface area contributed by atoms with Crippen molar-refractivity contribution >= 4 is 5.65 Å². The molecule has 2 aromatic heterocycles. The van der Waals surface area contributed by atoms with Gasteiger partial charge in [0.05, 0.1) is 6.10 Å². The van der Waals surface area contributed by atoms with Crippen LogP contribution < -0.4 is 5.69 Å². The number of aliphatic hydroxyl groups excluding tert-OH is 1. The molecule has 0 radical (unpaired) electrons. The number of hydrogen-bond donors (Lipinski definition) is 1. The van der Waals surface area contributed by atoms with E-state index in [1.807, 2.05) is 18.2 Å². The molecule has 5 heteroatoms. The number of fused-ring (bicyclic) bond motifs is 1. The smallest absolute Gasteiger partial charge is 0.350 e. The molecule has 2 heterocycles. The minimum atomic E-state index is -0.271. The van der Waals surface area contributed by atoms with Crippen LogP contribution in [0.4, 0.5) is 0 Å². The van der Waals surface area contributed by atoms with Gasteiger partial charge in [-0.05, 0) is 38.3 Å². The summed E-state index contributed by atoms with van der Waals surface area (Å²) in [6.45, 7) is 2.38. The van der Waals surface area contributed by atoms with Gasteiger partial charge in [-0.2, -0.15) is 0 Å². The Hall–Kier alpha value is -1.62. The normalized spacial score (nSPS) is 13.1. The summed E-state index contributed by atoms with van der Waals surface area (Å²) in [6.07, 6.45) is 3.97. The van der Waals surface area contributed by atoms with Crippen LogP contribution in [0.3, 0.4) is 0 Å². The molecule has 0 spiro atoms. The van der Waals surface area contributed by atoms with Crippen LogP contribution in [0.15, 0.2) is 29.2 Å². The van der Waals surface area contributed by atoms with Crippen LogP contribution in [-0.4, -0.2) is 25.4 Å². The van der Waals surface area contributed by atoms with Crippen molar-refractivity contribution in [3.63, 3.8) is 0 Å². The third-order valence-electron chi connectivity index (χ3n) is 2.73. The number of rotatable bonds is 5. The Labute approximate surface area is 99.3 Å². The molecular weight excluding hydrogens is 218 g/mol. The second-order valence-corrected chi connectivity index (χ2v) is 4.28. The lowest BCUT2D eigenvalue weighted by Crippen LogP contribution is -2.21. The van der Waals surface area contributed by atoms with E-state index in [2.05, 4.69) is 5.10 Å². The van der Waals surface area contributed by atoms with Crippen LogP contribution in [0.2, 0.25) is 0 Å². The fourth-order valence-electron chi connectivity index (χ4n) is 1.82. The fourth-order valence-corrected chi connectivity index (χ4v) is 1.82. The summed E-state index contributed by atoms with van der Waals surface area (Å²) < 4.78 is 3.02. The summed E-state index contributed by atoms with van der Waals surface area (Å²) in [7, 11) is 0. The molecular formula is C12H17N3O2. The zero-order valence-electron chi connectivity index (χ0n) is 9.91. The topological polar surface area (TPSA) is 59.5 Å². The fraction of sp³-hybridized carbons (Fsp3) is 0.500. The first kappa shape index (κ1) is 11.9. The van der Waals surface area contributed by atoms with Crippen molar-refractivity contribution in [2.24, 2.45) is 0 Å². The molecule has 0 saturated heterocycles. The van der Waals surface area contributed by atoms with Gasteiger partial charge in [0.25, 0.3) is 0 Å². The van der Waals surface area contributed by atoms with E-state index in [-0.39, 0.29) is 11.8 Å². The van der Waals surface area contributed by atoms with Crippen LogP contribution in [0.25, 0.3) is 5.65 Å². The molecule has 0 aliphatic carbocycles. The molecule has 92 valence electrons. The van der Waals surface area contributed by atoms with E-state index < -0.39 is 0 Å². The molecule has 17 heavy (non-hydrogen) atoms. The predicted molar refractivity (Wildman–Crippen MR) is 65.0 cm³/mol. The van der Waals surface area contributed by atoms with Gasteiger partial charge in [-0.3, -0.25) is 4.40 Å². The van der Waals surface area contributed by atoms with Gasteiger partial charge in [0.1, 0.15) is 0 Å². The van der Waals surface area contributed by atoms with Crippen molar-refractivity contribution in [1.29, 1.82) is 0 Å². The van der Waals surface area contributed by atoms with Crippen LogP contribution in [0.5, 0.6) is 0 Å². The highest BCUT2D eigenvalue weighted by molar-refractivity contribution is 5.35. The van der Waals surface area contributed by atoms with Crippen LogP contribution in [0.1, 0.15) is 26.2 Å². The van der Waals surface area contributed by atoms with Gasteiger partial charge in [-0.25, -0.2) is 9.48 Å². The molecule has 0 aliphatic rings. The summed E-state index contributed by atoms with van der Waals surface area (Å²) in [5.74, 6) is 0. The monoisotopic (exact) mass is 235 g/mol. The van der Waals surface area contributed by atoms with E-state index in [4.69, 9.17) is 5.11 Å². The lowest BCUT2D eigenvalue weighted by Gasteiger charge is -2.02. The second kappa shape index (κ2) is 5.14.